The zero-order valence-electron chi connectivity index (χ0n) is 18.6. The first-order valence-electron chi connectivity index (χ1n) is 10.9. The number of carbonyl (C=O) groups is 2. The topological polar surface area (TPSA) is 66.4 Å². The molecule has 3 rings (SSSR count). The number of thioether (sulfide) groups is 1. The zero-order chi connectivity index (χ0) is 23.6. The molecule has 0 aliphatic heterocycles. The third-order valence-electron chi connectivity index (χ3n) is 5.42. The second-order valence-electron chi connectivity index (χ2n) is 8.05. The van der Waals surface area contributed by atoms with Crippen LogP contribution >= 0.6 is 24.4 Å². The van der Waals surface area contributed by atoms with Crippen molar-refractivity contribution in [3.63, 3.8) is 0 Å². The molecule has 0 saturated carbocycles. The van der Waals surface area contributed by atoms with Gasteiger partial charge in [-0.1, -0.05) is 84.4 Å². The molecule has 0 unspecified atom stereocenters. The van der Waals surface area contributed by atoms with Crippen molar-refractivity contribution in [2.24, 2.45) is 5.92 Å². The molecule has 172 valence electrons. The Morgan fingerprint density at radius 1 is 0.909 bits per heavy atom. The van der Waals surface area contributed by atoms with Gasteiger partial charge in [0.15, 0.2) is 0 Å². The maximum Gasteiger partial charge on any atom is 0.327 e. The van der Waals surface area contributed by atoms with Crippen LogP contribution in [-0.4, -0.2) is 34.5 Å². The molecule has 0 aliphatic rings. The lowest BCUT2D eigenvalue weighted by molar-refractivity contribution is -0.141. The Labute approximate surface area is 205 Å². The Morgan fingerprint density at radius 3 is 2.12 bits per heavy atom. The first-order chi connectivity index (χ1) is 16.0. The van der Waals surface area contributed by atoms with Crippen molar-refractivity contribution in [1.29, 1.82) is 0 Å². The van der Waals surface area contributed by atoms with Crippen molar-refractivity contribution in [2.45, 2.75) is 25.1 Å². The SMILES string of the molecule is Cc1ccc(CSC[C@@H](NC(=O)[C@H](CS)Cc2ccc(-c3ccccc3)cc2)C(=O)O)cc1. The highest BCUT2D eigenvalue weighted by Gasteiger charge is 2.25. The summed E-state index contributed by atoms with van der Waals surface area (Å²) in [5.74, 6) is -0.357. The molecule has 0 radical (unpaired) electrons. The summed E-state index contributed by atoms with van der Waals surface area (Å²) in [6.45, 7) is 2.03. The van der Waals surface area contributed by atoms with E-state index in [2.05, 4.69) is 30.1 Å². The van der Waals surface area contributed by atoms with E-state index in [0.29, 0.717) is 23.7 Å². The molecule has 33 heavy (non-hydrogen) atoms. The second kappa shape index (κ2) is 12.5. The summed E-state index contributed by atoms with van der Waals surface area (Å²) in [5, 5.41) is 12.3. The number of carbonyl (C=O) groups excluding carboxylic acids is 1. The van der Waals surface area contributed by atoms with Gasteiger partial charge >= 0.3 is 5.97 Å². The van der Waals surface area contributed by atoms with Gasteiger partial charge in [-0.2, -0.15) is 24.4 Å². The maximum absolute atomic E-state index is 12.8. The van der Waals surface area contributed by atoms with Gasteiger partial charge in [0, 0.05) is 17.3 Å². The lowest BCUT2D eigenvalue weighted by Gasteiger charge is -2.19. The van der Waals surface area contributed by atoms with E-state index in [4.69, 9.17) is 0 Å². The van der Waals surface area contributed by atoms with Gasteiger partial charge in [-0.25, -0.2) is 4.79 Å². The highest BCUT2D eigenvalue weighted by molar-refractivity contribution is 7.98. The van der Waals surface area contributed by atoms with Crippen molar-refractivity contribution in [3.05, 3.63) is 95.6 Å². The Bertz CT molecular complexity index is 1040. The quantitative estimate of drug-likeness (QED) is 0.329. The molecule has 2 N–H and O–H groups in total. The van der Waals surface area contributed by atoms with Crippen LogP contribution < -0.4 is 5.32 Å². The molecule has 6 heteroatoms. The largest absolute Gasteiger partial charge is 0.480 e. The minimum Gasteiger partial charge on any atom is -0.480 e. The lowest BCUT2D eigenvalue weighted by Crippen LogP contribution is -2.46. The van der Waals surface area contributed by atoms with Gasteiger partial charge in [0.05, 0.1) is 5.92 Å². The number of nitrogens with one attached hydrogen (secondary N) is 1. The molecule has 0 aliphatic carbocycles. The van der Waals surface area contributed by atoms with Crippen LogP contribution in [0.2, 0.25) is 0 Å². The number of aliphatic carboxylic acids is 1. The number of carboxylic acid groups (broad SMARTS) is 1. The number of amides is 1. The van der Waals surface area contributed by atoms with E-state index in [1.165, 1.54) is 17.3 Å². The summed E-state index contributed by atoms with van der Waals surface area (Å²) in [5.41, 5.74) is 5.59. The smallest absolute Gasteiger partial charge is 0.327 e. The Hall–Kier alpha value is -2.70. The van der Waals surface area contributed by atoms with Crippen LogP contribution in [0.3, 0.4) is 0 Å². The van der Waals surface area contributed by atoms with Crippen LogP contribution in [0.4, 0.5) is 0 Å². The van der Waals surface area contributed by atoms with Crippen LogP contribution in [0.1, 0.15) is 16.7 Å². The first-order valence-corrected chi connectivity index (χ1v) is 12.7. The van der Waals surface area contributed by atoms with E-state index in [1.54, 1.807) is 0 Å². The molecule has 2 atom stereocenters. The molecule has 0 bridgehead atoms. The predicted molar refractivity (Wildman–Crippen MR) is 140 cm³/mol. The predicted octanol–water partition coefficient (Wildman–Crippen LogP) is 5.25. The minimum absolute atomic E-state index is 0.277. The van der Waals surface area contributed by atoms with Crippen molar-refractivity contribution >= 4 is 36.3 Å². The molecule has 0 fully saturated rings. The van der Waals surface area contributed by atoms with Gasteiger partial charge in [-0.15, -0.1) is 0 Å². The van der Waals surface area contributed by atoms with Crippen molar-refractivity contribution < 1.29 is 14.7 Å². The summed E-state index contributed by atoms with van der Waals surface area (Å²) in [7, 11) is 0. The minimum atomic E-state index is -1.02. The fourth-order valence-electron chi connectivity index (χ4n) is 3.43. The molecule has 0 spiro atoms. The lowest BCUT2D eigenvalue weighted by atomic mass is 9.97. The van der Waals surface area contributed by atoms with E-state index in [9.17, 15) is 14.7 Å². The van der Waals surface area contributed by atoms with Gasteiger partial charge in [0.1, 0.15) is 6.04 Å². The maximum atomic E-state index is 12.8. The number of rotatable bonds is 11. The second-order valence-corrected chi connectivity index (χ2v) is 9.44. The highest BCUT2D eigenvalue weighted by Crippen LogP contribution is 2.21. The fraction of sp³-hybridized carbons (Fsp3) is 0.259. The summed E-state index contributed by atoms with van der Waals surface area (Å²) in [4.78, 5) is 24.5. The molecule has 3 aromatic carbocycles. The Kier molecular flexibility index (Phi) is 9.46. The van der Waals surface area contributed by atoms with E-state index >= 15 is 0 Å². The Morgan fingerprint density at radius 2 is 1.52 bits per heavy atom. The number of thiol groups is 1. The first kappa shape index (κ1) is 24.9. The standard InChI is InChI=1S/C27H29NO3S2/c1-19-7-9-21(10-8-19)17-33-18-25(27(30)31)28-26(29)24(16-32)15-20-11-13-23(14-12-20)22-5-3-2-4-6-22/h2-14,24-25,32H,15-18H2,1H3,(H,28,29)(H,30,31)/t24-,25+/m0/s1. The Balaban J connectivity index is 1.55. The van der Waals surface area contributed by atoms with Gasteiger partial charge < -0.3 is 10.4 Å². The summed E-state index contributed by atoms with van der Waals surface area (Å²) < 4.78 is 0. The van der Waals surface area contributed by atoms with Gasteiger partial charge in [0.2, 0.25) is 5.91 Å². The molecule has 0 aromatic heterocycles. The summed E-state index contributed by atoms with van der Waals surface area (Å²) in [6, 6.07) is 25.4. The van der Waals surface area contributed by atoms with Crippen LogP contribution in [0.5, 0.6) is 0 Å². The zero-order valence-corrected chi connectivity index (χ0v) is 20.3. The molecule has 1 amide bonds. The van der Waals surface area contributed by atoms with Crippen LogP contribution in [0.25, 0.3) is 11.1 Å². The number of benzene rings is 3. The molecule has 0 heterocycles. The van der Waals surface area contributed by atoms with E-state index in [-0.39, 0.29) is 5.91 Å². The van der Waals surface area contributed by atoms with E-state index in [0.717, 1.165) is 22.3 Å². The van der Waals surface area contributed by atoms with Gasteiger partial charge in [-0.3, -0.25) is 4.79 Å². The van der Waals surface area contributed by atoms with Crippen LogP contribution in [0.15, 0.2) is 78.9 Å². The van der Waals surface area contributed by atoms with E-state index in [1.807, 2.05) is 73.7 Å². The number of hydrogen-bond donors (Lipinski definition) is 3. The third-order valence-corrected chi connectivity index (χ3v) is 6.97. The summed E-state index contributed by atoms with van der Waals surface area (Å²) in [6.07, 6.45) is 0.507. The number of aryl methyl sites for hydroxylation is 1. The molecular weight excluding hydrogens is 450 g/mol. The van der Waals surface area contributed by atoms with Crippen LogP contribution in [-0.2, 0) is 21.8 Å². The molecular formula is C27H29NO3S2. The van der Waals surface area contributed by atoms with Crippen LogP contribution in [0, 0.1) is 12.8 Å². The normalized spacial score (nSPS) is 12.7. The highest BCUT2D eigenvalue weighted by atomic mass is 32.2. The van der Waals surface area contributed by atoms with Crippen molar-refractivity contribution in [3.8, 4) is 11.1 Å². The van der Waals surface area contributed by atoms with Crippen molar-refractivity contribution in [2.75, 3.05) is 11.5 Å². The third kappa shape index (κ3) is 7.69. The number of hydrogen-bond acceptors (Lipinski definition) is 4. The van der Waals surface area contributed by atoms with Gasteiger partial charge in [-0.05, 0) is 35.6 Å². The average Bonchev–Trinajstić information content (AvgIpc) is 2.83. The van der Waals surface area contributed by atoms with E-state index < -0.39 is 17.9 Å². The summed E-state index contributed by atoms with van der Waals surface area (Å²) >= 11 is 5.85. The average molecular weight is 480 g/mol. The van der Waals surface area contributed by atoms with Crippen molar-refractivity contribution in [1.82, 2.24) is 5.32 Å². The fourth-order valence-corrected chi connectivity index (χ4v) is 4.73. The monoisotopic (exact) mass is 479 g/mol. The molecule has 0 saturated heterocycles. The molecule has 4 nitrogen and oxygen atoms in total. The molecule has 3 aromatic rings. The number of carboxylic acids is 1. The van der Waals surface area contributed by atoms with Gasteiger partial charge in [0.25, 0.3) is 0 Å².